The van der Waals surface area contributed by atoms with Gasteiger partial charge in [0.05, 0.1) is 6.10 Å². The molecule has 0 rings (SSSR count). The molecule has 2 unspecified atom stereocenters. The fourth-order valence-electron chi connectivity index (χ4n) is 1.39. The van der Waals surface area contributed by atoms with Gasteiger partial charge >= 0.3 is 0 Å². The molecule has 0 aromatic carbocycles. The summed E-state index contributed by atoms with van der Waals surface area (Å²) in [6, 6.07) is 0. The van der Waals surface area contributed by atoms with Crippen molar-refractivity contribution in [3.63, 3.8) is 0 Å². The van der Waals surface area contributed by atoms with Gasteiger partial charge < -0.3 is 9.84 Å². The van der Waals surface area contributed by atoms with E-state index in [0.717, 1.165) is 13.0 Å². The summed E-state index contributed by atoms with van der Waals surface area (Å²) >= 11 is 0. The van der Waals surface area contributed by atoms with E-state index in [4.69, 9.17) is 4.74 Å². The van der Waals surface area contributed by atoms with Crippen LogP contribution in [0.1, 0.15) is 27.2 Å². The van der Waals surface area contributed by atoms with Crippen molar-refractivity contribution in [2.75, 3.05) is 13.7 Å². The van der Waals surface area contributed by atoms with Crippen molar-refractivity contribution in [3.8, 4) is 0 Å². The van der Waals surface area contributed by atoms with Gasteiger partial charge in [0.25, 0.3) is 0 Å². The van der Waals surface area contributed by atoms with Crippen molar-refractivity contribution in [2.45, 2.75) is 33.3 Å². The zero-order valence-corrected chi connectivity index (χ0v) is 8.00. The third-order valence-electron chi connectivity index (χ3n) is 2.13. The molecule has 0 saturated heterocycles. The maximum atomic E-state index is 9.35. The highest BCUT2D eigenvalue weighted by Gasteiger charge is 2.17. The fraction of sp³-hybridized carbons (Fsp3) is 1.00. The molecule has 0 fully saturated rings. The molecule has 0 aliphatic heterocycles. The van der Waals surface area contributed by atoms with Gasteiger partial charge in [0.15, 0.2) is 0 Å². The molecule has 2 nitrogen and oxygen atoms in total. The first-order chi connectivity index (χ1) is 5.09. The SMILES string of the molecule is COCCC(C(C)C)C(C)O. The molecule has 0 aromatic rings. The van der Waals surface area contributed by atoms with Crippen LogP contribution in [0, 0.1) is 11.8 Å². The number of hydrogen-bond donors (Lipinski definition) is 1. The molecule has 0 bridgehead atoms. The lowest BCUT2D eigenvalue weighted by Gasteiger charge is -2.23. The van der Waals surface area contributed by atoms with Crippen LogP contribution in [0.25, 0.3) is 0 Å². The normalized spacial score (nSPS) is 16.9. The van der Waals surface area contributed by atoms with Gasteiger partial charge in [-0.1, -0.05) is 13.8 Å². The van der Waals surface area contributed by atoms with Crippen LogP contribution in [0.15, 0.2) is 0 Å². The summed E-state index contributed by atoms with van der Waals surface area (Å²) in [5.74, 6) is 0.903. The highest BCUT2D eigenvalue weighted by atomic mass is 16.5. The molecule has 0 aliphatic rings. The molecule has 11 heavy (non-hydrogen) atoms. The van der Waals surface area contributed by atoms with Crippen molar-refractivity contribution in [3.05, 3.63) is 0 Å². The molecule has 2 atom stereocenters. The Hall–Kier alpha value is -0.0800. The van der Waals surface area contributed by atoms with Crippen LogP contribution in [0.5, 0.6) is 0 Å². The van der Waals surface area contributed by atoms with Gasteiger partial charge in [0.2, 0.25) is 0 Å². The Morgan fingerprint density at radius 3 is 2.09 bits per heavy atom. The first-order valence-corrected chi connectivity index (χ1v) is 4.26. The molecule has 0 aromatic heterocycles. The lowest BCUT2D eigenvalue weighted by Crippen LogP contribution is -2.23. The number of hydrogen-bond acceptors (Lipinski definition) is 2. The minimum atomic E-state index is -0.217. The summed E-state index contributed by atoms with van der Waals surface area (Å²) in [4.78, 5) is 0. The van der Waals surface area contributed by atoms with Crippen molar-refractivity contribution in [1.82, 2.24) is 0 Å². The summed E-state index contributed by atoms with van der Waals surface area (Å²) in [6.45, 7) is 6.86. The second kappa shape index (κ2) is 5.56. The van der Waals surface area contributed by atoms with Crippen molar-refractivity contribution < 1.29 is 9.84 Å². The number of aliphatic hydroxyl groups is 1. The topological polar surface area (TPSA) is 29.5 Å². The highest BCUT2D eigenvalue weighted by molar-refractivity contribution is 4.67. The molecule has 0 spiro atoms. The van der Waals surface area contributed by atoms with Crippen molar-refractivity contribution >= 4 is 0 Å². The summed E-state index contributed by atoms with van der Waals surface area (Å²) < 4.78 is 4.96. The fourth-order valence-corrected chi connectivity index (χ4v) is 1.39. The second-order valence-electron chi connectivity index (χ2n) is 3.43. The summed E-state index contributed by atoms with van der Waals surface area (Å²) in [5.41, 5.74) is 0. The molecule has 1 N–H and O–H groups in total. The van der Waals surface area contributed by atoms with E-state index in [1.807, 2.05) is 6.92 Å². The van der Waals surface area contributed by atoms with E-state index in [0.29, 0.717) is 11.8 Å². The molecule has 2 heteroatoms. The van der Waals surface area contributed by atoms with Crippen molar-refractivity contribution in [2.24, 2.45) is 11.8 Å². The summed E-state index contributed by atoms with van der Waals surface area (Å²) in [7, 11) is 1.69. The summed E-state index contributed by atoms with van der Waals surface area (Å²) in [5, 5.41) is 9.35. The standard InChI is InChI=1S/C9H20O2/c1-7(2)9(8(3)10)5-6-11-4/h7-10H,5-6H2,1-4H3. The highest BCUT2D eigenvalue weighted by Crippen LogP contribution is 2.18. The maximum absolute atomic E-state index is 9.35. The second-order valence-corrected chi connectivity index (χ2v) is 3.43. The Kier molecular flexibility index (Phi) is 5.51. The Bertz CT molecular complexity index is 81.6. The van der Waals surface area contributed by atoms with E-state index in [9.17, 15) is 5.11 Å². The Labute approximate surface area is 69.6 Å². The van der Waals surface area contributed by atoms with E-state index in [1.54, 1.807) is 7.11 Å². The van der Waals surface area contributed by atoms with Gasteiger partial charge in [-0.15, -0.1) is 0 Å². The van der Waals surface area contributed by atoms with Crippen molar-refractivity contribution in [1.29, 1.82) is 0 Å². The largest absolute Gasteiger partial charge is 0.393 e. The number of aliphatic hydroxyl groups excluding tert-OH is 1. The Balaban J connectivity index is 3.70. The smallest absolute Gasteiger partial charge is 0.0543 e. The first-order valence-electron chi connectivity index (χ1n) is 4.26. The number of ether oxygens (including phenoxy) is 1. The molecule has 68 valence electrons. The van der Waals surface area contributed by atoms with Gasteiger partial charge in [0, 0.05) is 13.7 Å². The minimum absolute atomic E-state index is 0.217. The molecule has 0 heterocycles. The molecule has 0 amide bonds. The van der Waals surface area contributed by atoms with Crippen LogP contribution in [-0.2, 0) is 4.74 Å². The lowest BCUT2D eigenvalue weighted by atomic mass is 9.88. The average molecular weight is 160 g/mol. The number of methoxy groups -OCH3 is 1. The van der Waals surface area contributed by atoms with Crippen LogP contribution >= 0.6 is 0 Å². The first kappa shape index (κ1) is 10.9. The maximum Gasteiger partial charge on any atom is 0.0543 e. The zero-order chi connectivity index (χ0) is 8.85. The van der Waals surface area contributed by atoms with Gasteiger partial charge in [-0.05, 0) is 25.2 Å². The minimum Gasteiger partial charge on any atom is -0.393 e. The van der Waals surface area contributed by atoms with E-state index in [-0.39, 0.29) is 6.10 Å². The van der Waals surface area contributed by atoms with Gasteiger partial charge in [-0.25, -0.2) is 0 Å². The van der Waals surface area contributed by atoms with Crippen LogP contribution in [-0.4, -0.2) is 24.9 Å². The molecular formula is C9H20O2. The summed E-state index contributed by atoms with van der Waals surface area (Å²) in [6.07, 6.45) is 0.733. The molecule has 0 radical (unpaired) electrons. The molecule has 0 aliphatic carbocycles. The van der Waals surface area contributed by atoms with Gasteiger partial charge in [-0.3, -0.25) is 0 Å². The van der Waals surface area contributed by atoms with Gasteiger partial charge in [0.1, 0.15) is 0 Å². The van der Waals surface area contributed by atoms with Crippen LogP contribution in [0.4, 0.5) is 0 Å². The lowest BCUT2D eigenvalue weighted by molar-refractivity contribution is 0.0685. The van der Waals surface area contributed by atoms with Crippen LogP contribution in [0.2, 0.25) is 0 Å². The van der Waals surface area contributed by atoms with E-state index in [2.05, 4.69) is 13.8 Å². The monoisotopic (exact) mass is 160 g/mol. The van der Waals surface area contributed by atoms with Crippen LogP contribution in [0.3, 0.4) is 0 Å². The Morgan fingerprint density at radius 1 is 1.27 bits per heavy atom. The quantitative estimate of drug-likeness (QED) is 0.663. The predicted molar refractivity (Wildman–Crippen MR) is 46.5 cm³/mol. The Morgan fingerprint density at radius 2 is 1.82 bits per heavy atom. The number of rotatable bonds is 5. The van der Waals surface area contributed by atoms with E-state index < -0.39 is 0 Å². The molecule has 0 saturated carbocycles. The van der Waals surface area contributed by atoms with E-state index in [1.165, 1.54) is 0 Å². The third kappa shape index (κ3) is 4.38. The third-order valence-corrected chi connectivity index (χ3v) is 2.13. The predicted octanol–water partition coefficient (Wildman–Crippen LogP) is 1.68. The van der Waals surface area contributed by atoms with Gasteiger partial charge in [-0.2, -0.15) is 0 Å². The average Bonchev–Trinajstić information content (AvgIpc) is 1.87. The van der Waals surface area contributed by atoms with E-state index >= 15 is 0 Å². The van der Waals surface area contributed by atoms with Crippen LogP contribution < -0.4 is 0 Å². The molecular weight excluding hydrogens is 140 g/mol. The zero-order valence-electron chi connectivity index (χ0n) is 8.00.